The van der Waals surface area contributed by atoms with Gasteiger partial charge in [-0.05, 0) is 19.3 Å². The highest BCUT2D eigenvalue weighted by molar-refractivity contribution is 5.92. The Morgan fingerprint density at radius 3 is 3.24 bits per heavy atom. The second-order valence-electron chi connectivity index (χ2n) is 5.74. The summed E-state index contributed by atoms with van der Waals surface area (Å²) in [4.78, 5) is 16.9. The number of aryl methyl sites for hydroxylation is 1. The van der Waals surface area contributed by atoms with Crippen molar-refractivity contribution < 1.29 is 14.3 Å². The van der Waals surface area contributed by atoms with Gasteiger partial charge >= 0.3 is 0 Å². The van der Waals surface area contributed by atoms with Crippen LogP contribution in [0.1, 0.15) is 42.0 Å². The summed E-state index contributed by atoms with van der Waals surface area (Å²) in [7, 11) is 1.68. The van der Waals surface area contributed by atoms with Gasteiger partial charge in [0.2, 0.25) is 0 Å². The van der Waals surface area contributed by atoms with Gasteiger partial charge in [-0.2, -0.15) is 0 Å². The van der Waals surface area contributed by atoms with Crippen LogP contribution in [0, 0.1) is 0 Å². The molecule has 2 aliphatic rings. The molecule has 116 valence electrons. The van der Waals surface area contributed by atoms with Gasteiger partial charge < -0.3 is 19.4 Å². The Morgan fingerprint density at radius 2 is 2.38 bits per heavy atom. The number of nitrogens with one attached hydrogen (secondary N) is 1. The summed E-state index contributed by atoms with van der Waals surface area (Å²) >= 11 is 0. The van der Waals surface area contributed by atoms with Crippen molar-refractivity contribution in [1.29, 1.82) is 0 Å². The maximum atomic E-state index is 12.5. The number of aromatic nitrogens is 2. The SMILES string of the molecule is CO[C@@H]1CCOC[C@H]1NC(=O)c1cnc2n1CCCCC2. The summed E-state index contributed by atoms with van der Waals surface area (Å²) in [5.41, 5.74) is 0.660. The molecule has 6 nitrogen and oxygen atoms in total. The van der Waals surface area contributed by atoms with Crippen molar-refractivity contribution in [1.82, 2.24) is 14.9 Å². The minimum absolute atomic E-state index is 0.0224. The van der Waals surface area contributed by atoms with Gasteiger partial charge in [0.05, 0.1) is 24.9 Å². The minimum atomic E-state index is -0.0896. The number of imidazole rings is 1. The number of nitrogens with zero attached hydrogens (tertiary/aromatic N) is 2. The second-order valence-corrected chi connectivity index (χ2v) is 5.74. The van der Waals surface area contributed by atoms with Crippen molar-refractivity contribution in [2.24, 2.45) is 0 Å². The molecule has 6 heteroatoms. The lowest BCUT2D eigenvalue weighted by Gasteiger charge is -2.31. The van der Waals surface area contributed by atoms with E-state index in [1.807, 2.05) is 0 Å². The number of methoxy groups -OCH3 is 1. The van der Waals surface area contributed by atoms with Gasteiger partial charge in [-0.1, -0.05) is 6.42 Å². The first-order chi connectivity index (χ1) is 10.3. The van der Waals surface area contributed by atoms with E-state index in [0.717, 1.165) is 38.1 Å². The van der Waals surface area contributed by atoms with Crippen molar-refractivity contribution in [3.63, 3.8) is 0 Å². The maximum Gasteiger partial charge on any atom is 0.269 e. The van der Waals surface area contributed by atoms with Crippen LogP contribution in [0.25, 0.3) is 0 Å². The lowest BCUT2D eigenvalue weighted by molar-refractivity contribution is -0.0350. The molecule has 0 aromatic carbocycles. The number of fused-ring (bicyclic) bond motifs is 1. The Hall–Kier alpha value is -1.40. The van der Waals surface area contributed by atoms with E-state index in [4.69, 9.17) is 9.47 Å². The Kier molecular flexibility index (Phi) is 4.55. The monoisotopic (exact) mass is 293 g/mol. The zero-order chi connectivity index (χ0) is 14.7. The standard InChI is InChI=1S/C15H23N3O3/c1-20-13-6-8-21-10-11(13)17-15(19)12-9-16-14-5-3-2-4-7-18(12)14/h9,11,13H,2-8,10H2,1H3,(H,17,19)/t11-,13-/m1/s1. The lowest BCUT2D eigenvalue weighted by Crippen LogP contribution is -2.50. The highest BCUT2D eigenvalue weighted by Crippen LogP contribution is 2.17. The fourth-order valence-electron chi connectivity index (χ4n) is 3.15. The fraction of sp³-hybridized carbons (Fsp3) is 0.733. The highest BCUT2D eigenvalue weighted by Gasteiger charge is 2.28. The molecule has 21 heavy (non-hydrogen) atoms. The van der Waals surface area contributed by atoms with Gasteiger partial charge in [-0.15, -0.1) is 0 Å². The molecule has 2 atom stereocenters. The van der Waals surface area contributed by atoms with Crippen LogP contribution in [0.2, 0.25) is 0 Å². The molecule has 1 fully saturated rings. The van der Waals surface area contributed by atoms with Gasteiger partial charge in [0.25, 0.3) is 5.91 Å². The zero-order valence-corrected chi connectivity index (χ0v) is 12.5. The largest absolute Gasteiger partial charge is 0.379 e. The van der Waals surface area contributed by atoms with Crippen molar-refractivity contribution in [3.05, 3.63) is 17.7 Å². The summed E-state index contributed by atoms with van der Waals surface area (Å²) in [6, 6.07) is -0.0896. The quantitative estimate of drug-likeness (QED) is 0.907. The molecule has 1 saturated heterocycles. The van der Waals surface area contributed by atoms with Gasteiger partial charge in [-0.25, -0.2) is 4.98 Å². The van der Waals surface area contributed by atoms with Crippen LogP contribution in [0.3, 0.4) is 0 Å². The number of carbonyl (C=O) groups is 1. The number of hydrogen-bond donors (Lipinski definition) is 1. The molecule has 0 unspecified atom stereocenters. The van der Waals surface area contributed by atoms with E-state index in [1.165, 1.54) is 6.42 Å². The van der Waals surface area contributed by atoms with Crippen LogP contribution in [-0.4, -0.2) is 47.9 Å². The molecule has 1 aromatic rings. The Labute approximate surface area is 124 Å². The third-order valence-electron chi connectivity index (χ3n) is 4.37. The van der Waals surface area contributed by atoms with Crippen LogP contribution in [0.5, 0.6) is 0 Å². The molecule has 0 aliphatic carbocycles. The van der Waals surface area contributed by atoms with E-state index < -0.39 is 0 Å². The van der Waals surface area contributed by atoms with Crippen LogP contribution >= 0.6 is 0 Å². The maximum absolute atomic E-state index is 12.5. The molecule has 1 N–H and O–H groups in total. The molecular formula is C15H23N3O3. The smallest absolute Gasteiger partial charge is 0.269 e. The molecular weight excluding hydrogens is 270 g/mol. The predicted octanol–water partition coefficient (Wildman–Crippen LogP) is 1.14. The molecule has 0 spiro atoms. The van der Waals surface area contributed by atoms with Gasteiger partial charge in [-0.3, -0.25) is 4.79 Å². The summed E-state index contributed by atoms with van der Waals surface area (Å²) in [5.74, 6) is 0.953. The van der Waals surface area contributed by atoms with Crippen LogP contribution in [-0.2, 0) is 22.4 Å². The number of rotatable bonds is 3. The fourth-order valence-corrected chi connectivity index (χ4v) is 3.15. The average molecular weight is 293 g/mol. The van der Waals surface area contributed by atoms with Crippen LogP contribution in [0.15, 0.2) is 6.20 Å². The van der Waals surface area contributed by atoms with E-state index in [2.05, 4.69) is 14.9 Å². The predicted molar refractivity (Wildman–Crippen MR) is 77.3 cm³/mol. The normalized spacial score (nSPS) is 26.0. The number of amides is 1. The first-order valence-corrected chi connectivity index (χ1v) is 7.75. The number of carbonyl (C=O) groups excluding carboxylic acids is 1. The Morgan fingerprint density at radius 1 is 1.48 bits per heavy atom. The van der Waals surface area contributed by atoms with E-state index in [9.17, 15) is 4.79 Å². The molecule has 0 bridgehead atoms. The van der Waals surface area contributed by atoms with E-state index >= 15 is 0 Å². The average Bonchev–Trinajstić information content (AvgIpc) is 2.77. The first kappa shape index (κ1) is 14.5. The van der Waals surface area contributed by atoms with Crippen LogP contribution in [0.4, 0.5) is 0 Å². The summed E-state index contributed by atoms with van der Waals surface area (Å²) in [6.07, 6.45) is 6.95. The lowest BCUT2D eigenvalue weighted by atomic mass is 10.1. The minimum Gasteiger partial charge on any atom is -0.379 e. The Bertz CT molecular complexity index is 500. The van der Waals surface area contributed by atoms with Gasteiger partial charge in [0, 0.05) is 26.7 Å². The summed E-state index contributed by atoms with van der Waals surface area (Å²) in [6.45, 7) is 2.07. The molecule has 0 saturated carbocycles. The van der Waals surface area contributed by atoms with E-state index in [1.54, 1.807) is 13.3 Å². The zero-order valence-electron chi connectivity index (χ0n) is 12.5. The first-order valence-electron chi connectivity index (χ1n) is 7.75. The van der Waals surface area contributed by atoms with Crippen molar-refractivity contribution in [3.8, 4) is 0 Å². The van der Waals surface area contributed by atoms with Crippen molar-refractivity contribution in [2.45, 2.75) is 50.8 Å². The molecule has 3 rings (SSSR count). The van der Waals surface area contributed by atoms with Gasteiger partial charge in [0.15, 0.2) is 0 Å². The molecule has 0 radical (unpaired) electrons. The highest BCUT2D eigenvalue weighted by atomic mass is 16.5. The molecule has 1 amide bonds. The third kappa shape index (κ3) is 3.11. The Balaban J connectivity index is 1.72. The topological polar surface area (TPSA) is 65.4 Å². The molecule has 1 aromatic heterocycles. The molecule has 2 aliphatic heterocycles. The van der Waals surface area contributed by atoms with Crippen molar-refractivity contribution >= 4 is 5.91 Å². The molecule has 3 heterocycles. The second kappa shape index (κ2) is 6.58. The summed E-state index contributed by atoms with van der Waals surface area (Å²) in [5, 5.41) is 3.04. The number of hydrogen-bond acceptors (Lipinski definition) is 4. The van der Waals surface area contributed by atoms with Crippen molar-refractivity contribution in [2.75, 3.05) is 20.3 Å². The third-order valence-corrected chi connectivity index (χ3v) is 4.37. The van der Waals surface area contributed by atoms with Gasteiger partial charge in [0.1, 0.15) is 11.5 Å². The number of ether oxygens (including phenoxy) is 2. The summed E-state index contributed by atoms with van der Waals surface area (Å²) < 4.78 is 12.9. The van der Waals surface area contributed by atoms with E-state index in [0.29, 0.717) is 18.9 Å². The van der Waals surface area contributed by atoms with E-state index in [-0.39, 0.29) is 18.1 Å². The van der Waals surface area contributed by atoms with Crippen LogP contribution < -0.4 is 5.32 Å².